The summed E-state index contributed by atoms with van der Waals surface area (Å²) in [5, 5.41) is 10.8. The lowest BCUT2D eigenvalue weighted by Crippen LogP contribution is -2.18. The maximum Gasteiger partial charge on any atom is 0.235 e. The number of hydrogen-bond acceptors (Lipinski definition) is 3. The highest BCUT2D eigenvalue weighted by molar-refractivity contribution is 5.93. The van der Waals surface area contributed by atoms with Gasteiger partial charge in [0.15, 0.2) is 0 Å². The van der Waals surface area contributed by atoms with Crippen LogP contribution in [0.1, 0.15) is 19.3 Å². The molecule has 1 N–H and O–H groups in total. The van der Waals surface area contributed by atoms with Crippen molar-refractivity contribution in [2.75, 3.05) is 5.32 Å². The average molecular weight is 268 g/mol. The van der Waals surface area contributed by atoms with E-state index in [4.69, 9.17) is 0 Å². The van der Waals surface area contributed by atoms with Crippen LogP contribution in [0.4, 0.5) is 5.95 Å². The van der Waals surface area contributed by atoms with Crippen molar-refractivity contribution < 1.29 is 4.79 Å². The van der Waals surface area contributed by atoms with E-state index in [1.807, 2.05) is 30.3 Å². The molecule has 0 saturated heterocycles. The first-order valence-corrected chi connectivity index (χ1v) is 7.09. The molecule has 1 aromatic carbocycles. The third kappa shape index (κ3) is 2.09. The second kappa shape index (κ2) is 4.44. The van der Waals surface area contributed by atoms with Gasteiger partial charge in [0, 0.05) is 5.92 Å². The summed E-state index contributed by atoms with van der Waals surface area (Å²) in [7, 11) is 0. The average Bonchev–Trinajstić information content (AvgIpc) is 3.36. The number of para-hydroxylation sites is 1. The third-order valence-corrected chi connectivity index (χ3v) is 4.22. The van der Waals surface area contributed by atoms with Gasteiger partial charge in [-0.15, -0.1) is 10.2 Å². The molecule has 2 aliphatic rings. The highest BCUT2D eigenvalue weighted by Crippen LogP contribution is 2.54. The van der Waals surface area contributed by atoms with E-state index in [2.05, 4.69) is 15.5 Å². The molecule has 1 amide bonds. The van der Waals surface area contributed by atoms with Gasteiger partial charge < -0.3 is 0 Å². The number of rotatable bonds is 4. The second-order valence-electron chi connectivity index (χ2n) is 5.69. The highest BCUT2D eigenvalue weighted by atomic mass is 16.2. The van der Waals surface area contributed by atoms with Crippen molar-refractivity contribution in [2.24, 2.45) is 17.8 Å². The Morgan fingerprint density at radius 1 is 1.25 bits per heavy atom. The zero-order chi connectivity index (χ0) is 13.5. The van der Waals surface area contributed by atoms with Crippen molar-refractivity contribution in [3.63, 3.8) is 0 Å². The molecule has 2 aliphatic carbocycles. The van der Waals surface area contributed by atoms with E-state index in [9.17, 15) is 4.79 Å². The molecular formula is C15H16N4O. The Balaban J connectivity index is 1.49. The van der Waals surface area contributed by atoms with Crippen molar-refractivity contribution >= 4 is 11.9 Å². The van der Waals surface area contributed by atoms with Crippen LogP contribution in [-0.4, -0.2) is 20.7 Å². The minimum Gasteiger partial charge on any atom is -0.294 e. The van der Waals surface area contributed by atoms with Gasteiger partial charge in [0.05, 0.1) is 5.69 Å². The minimum atomic E-state index is 0.0899. The van der Waals surface area contributed by atoms with E-state index in [-0.39, 0.29) is 11.8 Å². The lowest BCUT2D eigenvalue weighted by atomic mass is 10.2. The number of anilines is 1. The summed E-state index contributed by atoms with van der Waals surface area (Å²) < 4.78 is 1.80. The normalized spacial score (nSPS) is 24.4. The van der Waals surface area contributed by atoms with Crippen LogP contribution in [-0.2, 0) is 4.79 Å². The quantitative estimate of drug-likeness (QED) is 0.925. The van der Waals surface area contributed by atoms with Crippen LogP contribution in [0.25, 0.3) is 5.69 Å². The maximum atomic E-state index is 12.2. The Kier molecular flexibility index (Phi) is 2.58. The molecule has 5 nitrogen and oxygen atoms in total. The van der Waals surface area contributed by atoms with E-state index in [1.54, 1.807) is 10.9 Å². The van der Waals surface area contributed by atoms with Crippen LogP contribution >= 0.6 is 0 Å². The molecule has 102 valence electrons. The molecule has 0 unspecified atom stereocenters. The molecule has 2 fully saturated rings. The Morgan fingerprint density at radius 2 is 2.05 bits per heavy atom. The van der Waals surface area contributed by atoms with Gasteiger partial charge >= 0.3 is 0 Å². The first kappa shape index (κ1) is 11.6. The lowest BCUT2D eigenvalue weighted by molar-refractivity contribution is -0.117. The van der Waals surface area contributed by atoms with Gasteiger partial charge in [-0.2, -0.15) is 0 Å². The zero-order valence-electron chi connectivity index (χ0n) is 11.1. The van der Waals surface area contributed by atoms with Crippen molar-refractivity contribution in [3.8, 4) is 5.69 Å². The third-order valence-electron chi connectivity index (χ3n) is 4.22. The summed E-state index contributed by atoms with van der Waals surface area (Å²) in [5.41, 5.74) is 0.947. The molecule has 4 rings (SSSR count). The van der Waals surface area contributed by atoms with E-state index >= 15 is 0 Å². The SMILES string of the molecule is O=C(Nc1nncn1-c1ccccc1)[C@H]1C[C@H]1C1CC1. The van der Waals surface area contributed by atoms with Gasteiger partial charge in [-0.1, -0.05) is 18.2 Å². The smallest absolute Gasteiger partial charge is 0.235 e. The van der Waals surface area contributed by atoms with Crippen molar-refractivity contribution in [1.29, 1.82) is 0 Å². The summed E-state index contributed by atoms with van der Waals surface area (Å²) >= 11 is 0. The summed E-state index contributed by atoms with van der Waals surface area (Å²) in [6.45, 7) is 0. The van der Waals surface area contributed by atoms with Crippen LogP contribution in [0.5, 0.6) is 0 Å². The minimum absolute atomic E-state index is 0.0899. The number of amides is 1. The largest absolute Gasteiger partial charge is 0.294 e. The molecule has 0 radical (unpaired) electrons. The van der Waals surface area contributed by atoms with Gasteiger partial charge in [-0.05, 0) is 43.2 Å². The fourth-order valence-electron chi connectivity index (χ4n) is 2.86. The van der Waals surface area contributed by atoms with Crippen LogP contribution < -0.4 is 5.32 Å². The van der Waals surface area contributed by atoms with Gasteiger partial charge in [0.25, 0.3) is 0 Å². The molecule has 1 aromatic heterocycles. The van der Waals surface area contributed by atoms with Crippen LogP contribution in [0, 0.1) is 17.8 Å². The number of carbonyl (C=O) groups is 1. The summed E-state index contributed by atoms with van der Waals surface area (Å²) in [4.78, 5) is 12.2. The van der Waals surface area contributed by atoms with Gasteiger partial charge in [-0.3, -0.25) is 14.7 Å². The topological polar surface area (TPSA) is 59.8 Å². The Hall–Kier alpha value is -2.17. The number of nitrogens with zero attached hydrogens (tertiary/aromatic N) is 3. The van der Waals surface area contributed by atoms with Gasteiger partial charge in [0.1, 0.15) is 6.33 Å². The molecule has 1 heterocycles. The zero-order valence-corrected chi connectivity index (χ0v) is 11.1. The van der Waals surface area contributed by atoms with E-state index in [0.717, 1.165) is 18.0 Å². The molecule has 2 atom stereocenters. The van der Waals surface area contributed by atoms with Gasteiger partial charge in [-0.25, -0.2) is 0 Å². The second-order valence-corrected chi connectivity index (χ2v) is 5.69. The number of carbonyl (C=O) groups excluding carboxylic acids is 1. The van der Waals surface area contributed by atoms with Crippen LogP contribution in [0.15, 0.2) is 36.7 Å². The van der Waals surface area contributed by atoms with E-state index < -0.39 is 0 Å². The molecule has 2 saturated carbocycles. The summed E-state index contributed by atoms with van der Waals surface area (Å²) in [5.74, 6) is 2.19. The molecule has 0 spiro atoms. The highest BCUT2D eigenvalue weighted by Gasteiger charge is 2.51. The number of aromatic nitrogens is 3. The molecular weight excluding hydrogens is 252 g/mol. The number of benzene rings is 1. The number of nitrogens with one attached hydrogen (secondary N) is 1. The lowest BCUT2D eigenvalue weighted by Gasteiger charge is -2.07. The molecule has 0 aliphatic heterocycles. The van der Waals surface area contributed by atoms with Gasteiger partial charge in [0.2, 0.25) is 11.9 Å². The molecule has 20 heavy (non-hydrogen) atoms. The first-order chi connectivity index (χ1) is 9.83. The van der Waals surface area contributed by atoms with Crippen molar-refractivity contribution in [1.82, 2.24) is 14.8 Å². The van der Waals surface area contributed by atoms with E-state index in [1.165, 1.54) is 12.8 Å². The summed E-state index contributed by atoms with van der Waals surface area (Å²) in [6.07, 6.45) is 5.26. The predicted octanol–water partition coefficient (Wildman–Crippen LogP) is 2.25. The van der Waals surface area contributed by atoms with Crippen LogP contribution in [0.2, 0.25) is 0 Å². The molecule has 5 heteroatoms. The fourth-order valence-corrected chi connectivity index (χ4v) is 2.86. The molecule has 2 aromatic rings. The monoisotopic (exact) mass is 268 g/mol. The van der Waals surface area contributed by atoms with Crippen LogP contribution in [0.3, 0.4) is 0 Å². The Labute approximate surface area is 117 Å². The first-order valence-electron chi connectivity index (χ1n) is 7.09. The van der Waals surface area contributed by atoms with E-state index in [0.29, 0.717) is 11.9 Å². The van der Waals surface area contributed by atoms with Crippen molar-refractivity contribution in [3.05, 3.63) is 36.7 Å². The number of hydrogen-bond donors (Lipinski definition) is 1. The molecule has 0 bridgehead atoms. The Bertz CT molecular complexity index is 632. The standard InChI is InChI=1S/C15H16N4O/c20-14(13-8-12(13)10-6-7-10)17-15-18-16-9-19(15)11-4-2-1-3-5-11/h1-5,9-10,12-13H,6-8H2,(H,17,18,20)/t12-,13-/m0/s1. The van der Waals surface area contributed by atoms with Crippen molar-refractivity contribution in [2.45, 2.75) is 19.3 Å². The predicted molar refractivity (Wildman–Crippen MR) is 74.3 cm³/mol. The maximum absolute atomic E-state index is 12.2. The fraction of sp³-hybridized carbons (Fsp3) is 0.400. The Morgan fingerprint density at radius 3 is 2.80 bits per heavy atom. The summed E-state index contributed by atoms with van der Waals surface area (Å²) in [6, 6.07) is 9.78.